The summed E-state index contributed by atoms with van der Waals surface area (Å²) in [6, 6.07) is 0. The summed E-state index contributed by atoms with van der Waals surface area (Å²) in [5.41, 5.74) is 0. The Kier molecular flexibility index (Phi) is 117. The van der Waals surface area contributed by atoms with E-state index >= 15 is 0 Å². The predicted octanol–water partition coefficient (Wildman–Crippen LogP) is 6.90. The van der Waals surface area contributed by atoms with E-state index in [1.807, 2.05) is 0 Å². The Labute approximate surface area is 856 Å². The monoisotopic (exact) mass is 2140 g/mol. The number of carbonyl (C=O) groups is 27. The lowest BCUT2D eigenvalue weighted by Crippen LogP contribution is -2.15. The van der Waals surface area contributed by atoms with Gasteiger partial charge in [-0.25, -0.2) is 52.7 Å². The summed E-state index contributed by atoms with van der Waals surface area (Å²) in [6.45, 7) is 30.9. The average molecular weight is 2140 g/mol. The quantitative estimate of drug-likeness (QED) is 0.00973. The number of ether oxygens (including phenoxy) is 17. The van der Waals surface area contributed by atoms with Gasteiger partial charge in [0.05, 0.1) is 25.9 Å². The number of carboxylic acid groups (broad SMARTS) is 10. The molecule has 0 radical (unpaired) electrons. The molecule has 0 aromatic rings. The van der Waals surface area contributed by atoms with Crippen molar-refractivity contribution in [3.8, 4) is 0 Å². The maximum absolute atomic E-state index is 11.3. The van der Waals surface area contributed by atoms with E-state index in [2.05, 4.69) is 127 Å². The van der Waals surface area contributed by atoms with E-state index in [-0.39, 0.29) is 207 Å². The minimum absolute atomic E-state index is 0.00264. The van der Waals surface area contributed by atoms with Crippen LogP contribution in [0.1, 0.15) is 199 Å². The highest BCUT2D eigenvalue weighted by atomic mass is 16.6. The Hall–Kier alpha value is -16.9. The molecular formula is C95H136O54. The number of rotatable bonds is 75. The highest BCUT2D eigenvalue weighted by molar-refractivity contribution is 5.90. The van der Waals surface area contributed by atoms with Gasteiger partial charge in [0.2, 0.25) is 0 Å². The second-order valence-electron chi connectivity index (χ2n) is 27.0. The highest BCUT2D eigenvalue weighted by Gasteiger charge is 2.15. The van der Waals surface area contributed by atoms with Gasteiger partial charge in [0.1, 0.15) is 106 Å². The second-order valence-corrected chi connectivity index (χ2v) is 27.0. The Bertz CT molecular complexity index is 4130. The van der Waals surface area contributed by atoms with Gasteiger partial charge in [-0.05, 0) is 64.2 Å². The van der Waals surface area contributed by atoms with E-state index in [9.17, 15) is 129 Å². The molecule has 0 aromatic carbocycles. The molecule has 0 fully saturated rings. The fourth-order valence-electron chi connectivity index (χ4n) is 7.88. The van der Waals surface area contributed by atoms with Gasteiger partial charge in [0, 0.05) is 131 Å². The fraction of sp³-hybridized carbons (Fsp3) is 0.505. The molecule has 0 amide bonds. The van der Waals surface area contributed by atoms with Crippen molar-refractivity contribution in [3.63, 3.8) is 0 Å². The fourth-order valence-corrected chi connectivity index (χ4v) is 7.88. The average Bonchev–Trinajstić information content (AvgIpc) is 0.963. The molecule has 0 bridgehead atoms. The van der Waals surface area contributed by atoms with E-state index < -0.39 is 156 Å². The molecule has 149 heavy (non-hydrogen) atoms. The van der Waals surface area contributed by atoms with E-state index in [4.69, 9.17) is 70.0 Å². The Balaban J connectivity index is -0.000000182. The molecule has 0 saturated heterocycles. The van der Waals surface area contributed by atoms with Crippen molar-refractivity contribution in [2.24, 2.45) is 0 Å². The van der Waals surface area contributed by atoms with Crippen LogP contribution in [0.3, 0.4) is 0 Å². The van der Waals surface area contributed by atoms with Gasteiger partial charge in [-0.15, -0.1) is 0 Å². The van der Waals surface area contributed by atoms with E-state index in [0.717, 1.165) is 99.3 Å². The zero-order valence-corrected chi connectivity index (χ0v) is 82.7. The number of unbranched alkanes of at least 4 members (excludes halogenated alkanes) is 10. The van der Waals surface area contributed by atoms with Gasteiger partial charge in [-0.3, -0.25) is 76.7 Å². The van der Waals surface area contributed by atoms with Crippen molar-refractivity contribution in [1.82, 2.24) is 0 Å². The molecule has 0 aliphatic rings. The summed E-state index contributed by atoms with van der Waals surface area (Å²) in [5, 5.41) is 82.5. The predicted molar refractivity (Wildman–Crippen MR) is 508 cm³/mol. The van der Waals surface area contributed by atoms with Crippen LogP contribution >= 0.6 is 0 Å². The van der Waals surface area contributed by atoms with E-state index in [1.54, 1.807) is 0 Å². The molecule has 0 rings (SSSR count). The molecular weight excluding hydrogens is 2000 g/mol. The third-order valence-corrected chi connectivity index (χ3v) is 14.7. The molecule has 0 spiro atoms. The molecule has 0 saturated carbocycles. The van der Waals surface area contributed by atoms with Crippen LogP contribution in [-0.4, -0.2) is 325 Å². The summed E-state index contributed by atoms with van der Waals surface area (Å²) in [6.07, 6.45) is 20.5. The number of carboxylic acids is 10. The van der Waals surface area contributed by atoms with Crippen molar-refractivity contribution in [1.29, 1.82) is 0 Å². The van der Waals surface area contributed by atoms with Crippen LogP contribution in [0, 0.1) is 0 Å². The van der Waals surface area contributed by atoms with Crippen LogP contribution in [-0.2, 0) is 210 Å². The first kappa shape index (κ1) is 152. The summed E-state index contributed by atoms with van der Waals surface area (Å²) < 4.78 is 77.9. The van der Waals surface area contributed by atoms with Crippen LogP contribution < -0.4 is 0 Å². The Morgan fingerprint density at radius 1 is 0.134 bits per heavy atom. The maximum atomic E-state index is 11.3. The van der Waals surface area contributed by atoms with E-state index in [0.29, 0.717) is 70.6 Å². The topological polar surface area (TPSA) is 820 Å². The van der Waals surface area contributed by atoms with E-state index in [1.165, 1.54) is 0 Å². The number of aliphatic carboxylic acids is 10. The van der Waals surface area contributed by atoms with Gasteiger partial charge in [-0.1, -0.05) is 104 Å². The van der Waals surface area contributed by atoms with Crippen molar-refractivity contribution >= 4 is 161 Å². The lowest BCUT2D eigenvalue weighted by molar-refractivity contribution is -0.155. The SMILES string of the molecule is C=CC(=O)OCC(=O)O.C=CC(=O)OCCC(=O)O.C=CC(=O)OCCCC(=O)O.C=CC(=O)OCCOC(=O)CC(=O)O.C=CC(=O)OCCOC(=O)CCC(=O)O.C=CC(=O)OCCOC(=O)CCCC(=O)O.C=CC(=O)OCCOC(=O)CCCCC(=O)O.C=CC(=O)OCCOC(=O)CCCCCC(=O)O.C=CC(=O)OCCOC(=O)CCCCCCC(=O)O.C=CC(=O)OCCOC(=O)CCCCCCCC(=O)O. The zero-order chi connectivity index (χ0) is 116. The minimum Gasteiger partial charge on any atom is -0.481 e. The van der Waals surface area contributed by atoms with Crippen LogP contribution in [0.2, 0.25) is 0 Å². The summed E-state index contributed by atoms with van der Waals surface area (Å²) in [4.78, 5) is 283. The summed E-state index contributed by atoms with van der Waals surface area (Å²) in [7, 11) is 0. The van der Waals surface area contributed by atoms with Crippen LogP contribution in [0.25, 0.3) is 0 Å². The largest absolute Gasteiger partial charge is 0.481 e. The maximum Gasteiger partial charge on any atom is 0.341 e. The van der Waals surface area contributed by atoms with Gasteiger partial charge in [0.15, 0.2) is 6.61 Å². The Morgan fingerprint density at radius 2 is 0.295 bits per heavy atom. The molecule has 0 heterocycles. The lowest BCUT2D eigenvalue weighted by Gasteiger charge is -2.05. The zero-order valence-electron chi connectivity index (χ0n) is 82.7. The van der Waals surface area contributed by atoms with Gasteiger partial charge < -0.3 is 132 Å². The Morgan fingerprint density at radius 3 is 0.523 bits per heavy atom. The molecule has 0 unspecified atom stereocenters. The molecule has 0 aromatic heterocycles. The smallest absolute Gasteiger partial charge is 0.341 e. The van der Waals surface area contributed by atoms with Crippen LogP contribution in [0.15, 0.2) is 127 Å². The standard InChI is InChI=1S/C14H22O6.C13H20O6.C12H18O6.C11H16O6.C10H14O6.C9H12O6.C8H10O6.C7H10O4.C6H8O4.C5H6O4/c1-2-13(17)19-10-11-20-14(18)9-7-5-3-4-6-8-12(15)16;1-2-12(16)18-9-10-19-13(17)8-6-4-3-5-7-11(14)15;1-2-11(15)17-8-9-18-12(16)7-5-3-4-6-10(13)14;1-2-10(14)16-7-8-17-11(15)6-4-3-5-9(12)13;1-2-9(13)15-6-7-16-10(14)5-3-4-8(11)12;1-2-8(12)14-5-6-15-9(13)4-3-7(10)11;1-2-7(11)13-3-4-14-8(12)5-6(9)10;1-2-7(10)11-5-3-4-6(8)9;1-2-6(9)10-4-3-5(7)8;1-2-5(8)9-3-4(6)7/h2H,1,3-11H2,(H,15,16);2H,1,3-10H2,(H,14,15);2H,1,3-9H2,(H,13,14);2H,1,3-8H2,(H,12,13);2H,1,3-7H2,(H,11,12);2H,1,3-6H2,(H,10,11);2H,1,3-5H2,(H,9,10);2H,1,3-5H2,(H,8,9);2H,1,3-4H2,(H,7,8);2H,1,3H2,(H,6,7). The van der Waals surface area contributed by atoms with Crippen molar-refractivity contribution in [3.05, 3.63) is 127 Å². The van der Waals surface area contributed by atoms with Crippen molar-refractivity contribution in [2.75, 3.05) is 112 Å². The molecule has 0 atom stereocenters. The number of hydrogen-bond donors (Lipinski definition) is 10. The van der Waals surface area contributed by atoms with Gasteiger partial charge in [0.25, 0.3) is 0 Å². The molecule has 840 valence electrons. The number of esters is 17. The highest BCUT2D eigenvalue weighted by Crippen LogP contribution is 2.11. The summed E-state index contributed by atoms with van der Waals surface area (Å²) >= 11 is 0. The van der Waals surface area contributed by atoms with Crippen molar-refractivity contribution in [2.45, 2.75) is 199 Å². The molecule has 0 aliphatic carbocycles. The third kappa shape index (κ3) is 154. The van der Waals surface area contributed by atoms with Crippen LogP contribution in [0.5, 0.6) is 0 Å². The lowest BCUT2D eigenvalue weighted by atomic mass is 10.1. The first-order chi connectivity index (χ1) is 70.4. The normalized spacial score (nSPS) is 9.21. The number of carbonyl (C=O) groups excluding carboxylic acids is 17. The first-order valence-electron chi connectivity index (χ1n) is 44.6. The number of hydrogen-bond acceptors (Lipinski definition) is 44. The minimum atomic E-state index is -1.27. The molecule has 0 aliphatic heterocycles. The van der Waals surface area contributed by atoms with Gasteiger partial charge >= 0.3 is 161 Å². The summed E-state index contributed by atoms with van der Waals surface area (Å²) in [5.74, 6) is -18.9. The van der Waals surface area contributed by atoms with Gasteiger partial charge in [-0.2, -0.15) is 0 Å². The second kappa shape index (κ2) is 115. The molecule has 54 heteroatoms. The molecule has 10 N–H and O–H groups in total. The van der Waals surface area contributed by atoms with Crippen LogP contribution in [0.4, 0.5) is 0 Å². The molecule has 54 nitrogen and oxygen atoms in total. The third-order valence-electron chi connectivity index (χ3n) is 14.7. The first-order valence-corrected chi connectivity index (χ1v) is 44.6. The van der Waals surface area contributed by atoms with Crippen molar-refractivity contribution < 1.29 is 261 Å².